The lowest BCUT2D eigenvalue weighted by atomic mass is 10.0. The SMILES string of the molecule is Cc1ccsc1CNC(=NCC(=O)N(C)C)NC1CCOc2ccccc21. The zero-order valence-corrected chi connectivity index (χ0v) is 16.8. The second-order valence-electron chi connectivity index (χ2n) is 6.71. The van der Waals surface area contributed by atoms with Gasteiger partial charge in [0.05, 0.1) is 19.2 Å². The summed E-state index contributed by atoms with van der Waals surface area (Å²) in [6.07, 6.45) is 0.845. The Bertz CT molecular complexity index is 816. The largest absolute Gasteiger partial charge is 0.493 e. The lowest BCUT2D eigenvalue weighted by Gasteiger charge is -2.28. The van der Waals surface area contributed by atoms with E-state index in [1.807, 2.05) is 18.2 Å². The molecule has 0 saturated heterocycles. The van der Waals surface area contributed by atoms with Gasteiger partial charge in [-0.2, -0.15) is 0 Å². The Labute approximate surface area is 164 Å². The standard InChI is InChI=1S/C20H26N4O2S/c1-14-9-11-27-18(14)12-21-20(22-13-19(25)24(2)3)23-16-8-10-26-17-7-5-4-6-15(16)17/h4-7,9,11,16H,8,10,12-13H2,1-3H3,(H2,21,22,23). The molecule has 2 aromatic rings. The number of thiophene rings is 1. The molecule has 0 bridgehead atoms. The highest BCUT2D eigenvalue weighted by atomic mass is 32.1. The third-order valence-electron chi connectivity index (χ3n) is 4.53. The number of ether oxygens (including phenoxy) is 1. The molecule has 1 aliphatic heterocycles. The molecule has 6 nitrogen and oxygen atoms in total. The first-order valence-electron chi connectivity index (χ1n) is 9.04. The molecule has 7 heteroatoms. The van der Waals surface area contributed by atoms with E-state index < -0.39 is 0 Å². The Morgan fingerprint density at radius 2 is 2.15 bits per heavy atom. The third kappa shape index (κ3) is 5.01. The van der Waals surface area contributed by atoms with Gasteiger partial charge in [-0.05, 0) is 30.0 Å². The van der Waals surface area contributed by atoms with Gasteiger partial charge in [0.15, 0.2) is 5.96 Å². The number of para-hydroxylation sites is 1. The highest BCUT2D eigenvalue weighted by Gasteiger charge is 2.22. The van der Waals surface area contributed by atoms with E-state index in [1.165, 1.54) is 10.4 Å². The lowest BCUT2D eigenvalue weighted by molar-refractivity contribution is -0.127. The van der Waals surface area contributed by atoms with E-state index in [0.717, 1.165) is 17.7 Å². The molecule has 1 atom stereocenters. The summed E-state index contributed by atoms with van der Waals surface area (Å²) in [6, 6.07) is 10.2. The Morgan fingerprint density at radius 3 is 2.89 bits per heavy atom. The summed E-state index contributed by atoms with van der Waals surface area (Å²) >= 11 is 1.72. The molecule has 0 aliphatic carbocycles. The van der Waals surface area contributed by atoms with Crippen LogP contribution in [0.15, 0.2) is 40.7 Å². The number of likely N-dealkylation sites (N-methyl/N-ethyl adjacent to an activating group) is 1. The van der Waals surface area contributed by atoms with Crippen molar-refractivity contribution >= 4 is 23.2 Å². The van der Waals surface area contributed by atoms with E-state index in [-0.39, 0.29) is 18.5 Å². The average Bonchev–Trinajstić information content (AvgIpc) is 3.08. The van der Waals surface area contributed by atoms with Crippen LogP contribution in [-0.4, -0.2) is 44.0 Å². The Morgan fingerprint density at radius 1 is 1.33 bits per heavy atom. The number of aliphatic imine (C=N–C) groups is 1. The topological polar surface area (TPSA) is 66.0 Å². The molecule has 0 radical (unpaired) electrons. The number of fused-ring (bicyclic) bond motifs is 1. The van der Waals surface area contributed by atoms with E-state index in [2.05, 4.69) is 40.1 Å². The fourth-order valence-electron chi connectivity index (χ4n) is 2.85. The van der Waals surface area contributed by atoms with Crippen LogP contribution < -0.4 is 15.4 Å². The summed E-state index contributed by atoms with van der Waals surface area (Å²) in [5.41, 5.74) is 2.37. The van der Waals surface area contributed by atoms with Gasteiger partial charge in [-0.3, -0.25) is 4.79 Å². The van der Waals surface area contributed by atoms with Crippen LogP contribution in [0.1, 0.15) is 28.5 Å². The van der Waals surface area contributed by atoms with Gasteiger partial charge in [0.25, 0.3) is 0 Å². The van der Waals surface area contributed by atoms with E-state index in [4.69, 9.17) is 4.74 Å². The number of hydrogen-bond acceptors (Lipinski definition) is 4. The first-order valence-corrected chi connectivity index (χ1v) is 9.92. The molecule has 1 aliphatic rings. The molecule has 1 aromatic carbocycles. The molecule has 2 heterocycles. The van der Waals surface area contributed by atoms with Crippen molar-refractivity contribution in [3.8, 4) is 5.75 Å². The van der Waals surface area contributed by atoms with Crippen LogP contribution in [-0.2, 0) is 11.3 Å². The number of carbonyl (C=O) groups excluding carboxylic acids is 1. The van der Waals surface area contributed by atoms with Crippen LogP contribution in [0.2, 0.25) is 0 Å². The number of benzene rings is 1. The van der Waals surface area contributed by atoms with Crippen molar-refractivity contribution < 1.29 is 9.53 Å². The predicted molar refractivity (Wildman–Crippen MR) is 109 cm³/mol. The highest BCUT2D eigenvalue weighted by molar-refractivity contribution is 7.10. The monoisotopic (exact) mass is 386 g/mol. The minimum Gasteiger partial charge on any atom is -0.493 e. The fourth-order valence-corrected chi connectivity index (χ4v) is 3.69. The van der Waals surface area contributed by atoms with Gasteiger partial charge in [-0.1, -0.05) is 18.2 Å². The van der Waals surface area contributed by atoms with Crippen LogP contribution in [0.3, 0.4) is 0 Å². The van der Waals surface area contributed by atoms with Gasteiger partial charge in [-0.15, -0.1) is 11.3 Å². The van der Waals surface area contributed by atoms with Gasteiger partial charge in [-0.25, -0.2) is 4.99 Å². The second kappa shape index (κ2) is 8.90. The van der Waals surface area contributed by atoms with E-state index in [1.54, 1.807) is 30.3 Å². The maximum atomic E-state index is 12.0. The van der Waals surface area contributed by atoms with Crippen molar-refractivity contribution in [3.05, 3.63) is 51.7 Å². The van der Waals surface area contributed by atoms with Crippen molar-refractivity contribution in [2.24, 2.45) is 4.99 Å². The summed E-state index contributed by atoms with van der Waals surface area (Å²) < 4.78 is 5.74. The molecule has 0 fully saturated rings. The highest BCUT2D eigenvalue weighted by Crippen LogP contribution is 2.31. The van der Waals surface area contributed by atoms with Gasteiger partial charge >= 0.3 is 0 Å². The molecule has 1 aromatic heterocycles. The molecular weight excluding hydrogens is 360 g/mol. The summed E-state index contributed by atoms with van der Waals surface area (Å²) in [7, 11) is 3.48. The van der Waals surface area contributed by atoms with Crippen LogP contribution >= 0.6 is 11.3 Å². The normalized spacial score (nSPS) is 16.3. The Balaban J connectivity index is 1.74. The van der Waals surface area contributed by atoms with Gasteiger partial charge in [0.1, 0.15) is 12.3 Å². The zero-order chi connectivity index (χ0) is 19.2. The fraction of sp³-hybridized carbons (Fsp3) is 0.400. The van der Waals surface area contributed by atoms with Crippen LogP contribution in [0, 0.1) is 6.92 Å². The van der Waals surface area contributed by atoms with E-state index >= 15 is 0 Å². The molecule has 2 N–H and O–H groups in total. The number of rotatable bonds is 5. The quantitative estimate of drug-likeness (QED) is 0.613. The maximum absolute atomic E-state index is 12.0. The van der Waals surface area contributed by atoms with Crippen molar-refractivity contribution in [1.29, 1.82) is 0 Å². The van der Waals surface area contributed by atoms with Crippen LogP contribution in [0.25, 0.3) is 0 Å². The lowest BCUT2D eigenvalue weighted by Crippen LogP contribution is -2.41. The molecule has 144 valence electrons. The minimum absolute atomic E-state index is 0.0317. The van der Waals surface area contributed by atoms with E-state index in [9.17, 15) is 4.79 Å². The molecule has 27 heavy (non-hydrogen) atoms. The van der Waals surface area contributed by atoms with Gasteiger partial charge < -0.3 is 20.3 Å². The maximum Gasteiger partial charge on any atom is 0.243 e. The zero-order valence-electron chi connectivity index (χ0n) is 16.0. The number of amides is 1. The second-order valence-corrected chi connectivity index (χ2v) is 7.71. The van der Waals surface area contributed by atoms with Crippen LogP contribution in [0.4, 0.5) is 0 Å². The van der Waals surface area contributed by atoms with Crippen LogP contribution in [0.5, 0.6) is 5.75 Å². The molecular formula is C20H26N4O2S. The summed E-state index contributed by atoms with van der Waals surface area (Å²) in [4.78, 5) is 19.3. The molecule has 1 amide bonds. The Kier molecular flexibility index (Phi) is 6.34. The van der Waals surface area contributed by atoms with Crippen molar-refractivity contribution in [3.63, 3.8) is 0 Å². The number of aryl methyl sites for hydroxylation is 1. The van der Waals surface area contributed by atoms with E-state index in [0.29, 0.717) is 19.1 Å². The molecule has 3 rings (SSSR count). The summed E-state index contributed by atoms with van der Waals surface area (Å²) in [6.45, 7) is 3.54. The molecule has 0 spiro atoms. The minimum atomic E-state index is -0.0317. The predicted octanol–water partition coefficient (Wildman–Crippen LogP) is 2.70. The smallest absolute Gasteiger partial charge is 0.243 e. The number of guanidine groups is 1. The number of nitrogens with one attached hydrogen (secondary N) is 2. The first-order chi connectivity index (χ1) is 13.0. The summed E-state index contributed by atoms with van der Waals surface area (Å²) in [5.74, 6) is 1.51. The molecule has 1 unspecified atom stereocenters. The van der Waals surface area contributed by atoms with Crippen molar-refractivity contribution in [2.75, 3.05) is 27.2 Å². The third-order valence-corrected chi connectivity index (χ3v) is 5.55. The molecule has 0 saturated carbocycles. The number of carbonyl (C=O) groups is 1. The van der Waals surface area contributed by atoms with Crippen molar-refractivity contribution in [1.82, 2.24) is 15.5 Å². The van der Waals surface area contributed by atoms with Crippen molar-refractivity contribution in [2.45, 2.75) is 25.9 Å². The number of nitrogens with zero attached hydrogens (tertiary/aromatic N) is 2. The first kappa shape index (κ1) is 19.2. The summed E-state index contributed by atoms with van der Waals surface area (Å²) in [5, 5.41) is 8.94. The Hall–Kier alpha value is -2.54. The average molecular weight is 387 g/mol. The van der Waals surface area contributed by atoms with Gasteiger partial charge in [0.2, 0.25) is 5.91 Å². The van der Waals surface area contributed by atoms with Gasteiger partial charge in [0, 0.05) is 31.0 Å². The number of hydrogen-bond donors (Lipinski definition) is 2.